The van der Waals surface area contributed by atoms with Gasteiger partial charge in [-0.3, -0.25) is 4.79 Å². The van der Waals surface area contributed by atoms with Crippen LogP contribution in [0.2, 0.25) is 0 Å². The minimum Gasteiger partial charge on any atom is -0.477 e. The lowest BCUT2D eigenvalue weighted by molar-refractivity contribution is 0.0695. The first-order valence-electron chi connectivity index (χ1n) is 8.54. The van der Waals surface area contributed by atoms with Crippen molar-refractivity contribution >= 4 is 33.6 Å². The van der Waals surface area contributed by atoms with E-state index in [2.05, 4.69) is 9.88 Å². The summed E-state index contributed by atoms with van der Waals surface area (Å²) in [6.45, 7) is 1.48. The third-order valence-electron chi connectivity index (χ3n) is 5.17. The fourth-order valence-electron chi connectivity index (χ4n) is 3.44. The number of hydrogen-bond donors (Lipinski definition) is 1. The summed E-state index contributed by atoms with van der Waals surface area (Å²) >= 11 is 0. The number of aromatic nitrogens is 2. The van der Waals surface area contributed by atoms with E-state index >= 15 is 0 Å². The van der Waals surface area contributed by atoms with Crippen LogP contribution in [0, 0.1) is 5.82 Å². The van der Waals surface area contributed by atoms with Gasteiger partial charge in [0.2, 0.25) is 5.43 Å². The maximum atomic E-state index is 14.6. The monoisotopic (exact) mass is 370 g/mol. The Kier molecular flexibility index (Phi) is 3.88. The van der Waals surface area contributed by atoms with E-state index in [4.69, 9.17) is 0 Å². The Labute approximate surface area is 154 Å². The molecule has 1 N–H and O–H groups in total. The Morgan fingerprint density at radius 1 is 1.30 bits per heavy atom. The summed E-state index contributed by atoms with van der Waals surface area (Å²) < 4.78 is 16.2. The molecule has 4 rings (SSSR count). The molecule has 8 heteroatoms. The van der Waals surface area contributed by atoms with Crippen molar-refractivity contribution < 1.29 is 14.3 Å². The van der Waals surface area contributed by atoms with E-state index in [9.17, 15) is 19.1 Å². The Bertz CT molecular complexity index is 1150. The third-order valence-corrected chi connectivity index (χ3v) is 5.17. The van der Waals surface area contributed by atoms with Gasteiger partial charge < -0.3 is 19.5 Å². The van der Waals surface area contributed by atoms with E-state index in [0.29, 0.717) is 28.3 Å². The topological polar surface area (TPSA) is 78.7 Å². The molecule has 1 aromatic carbocycles. The van der Waals surface area contributed by atoms with Gasteiger partial charge in [-0.25, -0.2) is 14.2 Å². The zero-order valence-corrected chi connectivity index (χ0v) is 15.2. The number of fused-ring (bicyclic) bond motifs is 2. The molecule has 0 atom stereocenters. The Morgan fingerprint density at radius 2 is 2.00 bits per heavy atom. The van der Waals surface area contributed by atoms with Crippen LogP contribution < -0.4 is 10.3 Å². The van der Waals surface area contributed by atoms with Gasteiger partial charge >= 0.3 is 5.97 Å². The van der Waals surface area contributed by atoms with Crippen molar-refractivity contribution in [2.75, 3.05) is 32.1 Å². The van der Waals surface area contributed by atoms with Gasteiger partial charge in [-0.1, -0.05) is 0 Å². The molecule has 1 aliphatic heterocycles. The number of aromatic carboxylic acids is 1. The van der Waals surface area contributed by atoms with Gasteiger partial charge in [0.25, 0.3) is 0 Å². The number of halogens is 1. The molecule has 1 fully saturated rings. The number of likely N-dealkylation sites (N-methyl/N-ethyl adjacent to an activating group) is 1. The molecule has 0 bridgehead atoms. The second-order valence-corrected chi connectivity index (χ2v) is 7.17. The van der Waals surface area contributed by atoms with Crippen LogP contribution in [-0.2, 0) is 7.05 Å². The van der Waals surface area contributed by atoms with Gasteiger partial charge in [-0.2, -0.15) is 0 Å². The number of anilines is 1. The number of aryl methyl sites for hydroxylation is 1. The number of rotatable bonds is 3. The summed E-state index contributed by atoms with van der Waals surface area (Å²) in [6, 6.07) is 4.94. The van der Waals surface area contributed by atoms with Crippen LogP contribution in [0.4, 0.5) is 10.1 Å². The number of benzene rings is 1. The normalized spacial score (nSPS) is 14.9. The largest absolute Gasteiger partial charge is 0.477 e. The minimum atomic E-state index is -1.30. The van der Waals surface area contributed by atoms with Crippen LogP contribution in [0.5, 0.6) is 0 Å². The molecule has 3 aromatic rings. The number of carboxylic acid groups (broad SMARTS) is 1. The average molecular weight is 370 g/mol. The van der Waals surface area contributed by atoms with Gasteiger partial charge in [0, 0.05) is 37.8 Å². The standard InChI is InChI=1S/C19H19FN4O3/c1-22(2)11-7-24(8-11)16-6-15-10(5-14(16)20)4-12-17(25)13(19(26)27)9-23(3)18(12)21-15/h4-6,9,11H,7-8H2,1-3H3,(H,26,27). The second kappa shape index (κ2) is 6.02. The predicted octanol–water partition coefficient (Wildman–Crippen LogP) is 1.67. The maximum Gasteiger partial charge on any atom is 0.341 e. The molecule has 0 saturated carbocycles. The summed E-state index contributed by atoms with van der Waals surface area (Å²) in [5.41, 5.74) is 0.458. The van der Waals surface area contributed by atoms with Crippen LogP contribution in [0.1, 0.15) is 10.4 Å². The number of hydrogen-bond acceptors (Lipinski definition) is 5. The molecule has 0 spiro atoms. The van der Waals surface area contributed by atoms with Crippen molar-refractivity contribution in [2.24, 2.45) is 7.05 Å². The van der Waals surface area contributed by atoms with Crippen molar-refractivity contribution in [1.82, 2.24) is 14.5 Å². The van der Waals surface area contributed by atoms with E-state index in [1.165, 1.54) is 22.9 Å². The first kappa shape index (κ1) is 17.4. The van der Waals surface area contributed by atoms with Crippen molar-refractivity contribution in [2.45, 2.75) is 6.04 Å². The summed E-state index contributed by atoms with van der Waals surface area (Å²) in [5.74, 6) is -1.68. The Morgan fingerprint density at radius 3 is 2.63 bits per heavy atom. The van der Waals surface area contributed by atoms with Gasteiger partial charge in [0.1, 0.15) is 17.0 Å². The zero-order chi connectivity index (χ0) is 19.5. The van der Waals surface area contributed by atoms with E-state index in [1.807, 2.05) is 19.0 Å². The number of pyridine rings is 2. The highest BCUT2D eigenvalue weighted by Crippen LogP contribution is 2.30. The first-order valence-corrected chi connectivity index (χ1v) is 8.54. The van der Waals surface area contributed by atoms with Crippen LogP contribution in [0.25, 0.3) is 21.9 Å². The average Bonchev–Trinajstić information content (AvgIpc) is 2.55. The molecule has 1 saturated heterocycles. The summed E-state index contributed by atoms with van der Waals surface area (Å²) in [5, 5.41) is 9.82. The van der Waals surface area contributed by atoms with Gasteiger partial charge in [-0.15, -0.1) is 0 Å². The van der Waals surface area contributed by atoms with Crippen LogP contribution in [0.3, 0.4) is 0 Å². The third kappa shape index (κ3) is 2.73. The highest BCUT2D eigenvalue weighted by atomic mass is 19.1. The van der Waals surface area contributed by atoms with Gasteiger partial charge in [0.05, 0.1) is 16.6 Å². The SMILES string of the molecule is CN(C)C1CN(c2cc3nc4c(cc3cc2F)c(=O)c(C(=O)O)cn4C)C1. The molecule has 0 amide bonds. The molecule has 3 heterocycles. The number of carbonyl (C=O) groups is 1. The molecule has 0 radical (unpaired) electrons. The molecule has 1 aliphatic rings. The highest BCUT2D eigenvalue weighted by molar-refractivity contribution is 5.96. The van der Waals surface area contributed by atoms with Gasteiger partial charge in [-0.05, 0) is 32.3 Å². The Balaban J connectivity index is 1.87. The Hall–Kier alpha value is -3.00. The van der Waals surface area contributed by atoms with E-state index < -0.39 is 11.4 Å². The van der Waals surface area contributed by atoms with E-state index in [1.54, 1.807) is 13.1 Å². The van der Waals surface area contributed by atoms with Crippen LogP contribution in [-0.4, -0.2) is 58.8 Å². The number of nitrogens with zero attached hydrogens (tertiary/aromatic N) is 4. The first-order chi connectivity index (χ1) is 12.8. The van der Waals surface area contributed by atoms with Crippen molar-refractivity contribution in [3.8, 4) is 0 Å². The van der Waals surface area contributed by atoms with Crippen molar-refractivity contribution in [3.63, 3.8) is 0 Å². The summed E-state index contributed by atoms with van der Waals surface area (Å²) in [7, 11) is 5.63. The van der Waals surface area contributed by atoms with Crippen molar-refractivity contribution in [3.05, 3.63) is 46.0 Å². The quantitative estimate of drug-likeness (QED) is 0.707. The molecule has 0 aliphatic carbocycles. The molecular formula is C19H19FN4O3. The minimum absolute atomic E-state index is 0.161. The summed E-state index contributed by atoms with van der Waals surface area (Å²) in [4.78, 5) is 32.3. The zero-order valence-electron chi connectivity index (χ0n) is 15.2. The van der Waals surface area contributed by atoms with Crippen LogP contribution >= 0.6 is 0 Å². The van der Waals surface area contributed by atoms with Gasteiger partial charge in [0.15, 0.2) is 0 Å². The van der Waals surface area contributed by atoms with E-state index in [0.717, 1.165) is 13.1 Å². The number of carboxylic acids is 1. The predicted molar refractivity (Wildman–Crippen MR) is 101 cm³/mol. The summed E-state index contributed by atoms with van der Waals surface area (Å²) in [6.07, 6.45) is 1.26. The molecule has 0 unspecified atom stereocenters. The second-order valence-electron chi connectivity index (χ2n) is 7.17. The smallest absolute Gasteiger partial charge is 0.341 e. The highest BCUT2D eigenvalue weighted by Gasteiger charge is 2.30. The van der Waals surface area contributed by atoms with Crippen LogP contribution in [0.15, 0.2) is 29.2 Å². The lowest BCUT2D eigenvalue weighted by atomic mass is 10.0. The van der Waals surface area contributed by atoms with E-state index in [-0.39, 0.29) is 16.8 Å². The lowest BCUT2D eigenvalue weighted by Gasteiger charge is -2.44. The fourth-order valence-corrected chi connectivity index (χ4v) is 3.44. The molecule has 7 nitrogen and oxygen atoms in total. The molecule has 140 valence electrons. The maximum absolute atomic E-state index is 14.6. The fraction of sp³-hybridized carbons (Fsp3) is 0.316. The van der Waals surface area contributed by atoms with Crippen molar-refractivity contribution in [1.29, 1.82) is 0 Å². The lowest BCUT2D eigenvalue weighted by Crippen LogP contribution is -2.57. The molecule has 27 heavy (non-hydrogen) atoms. The molecular weight excluding hydrogens is 351 g/mol. The molecule has 2 aromatic heterocycles.